The van der Waals surface area contributed by atoms with Crippen LogP contribution in [0.2, 0.25) is 0 Å². The van der Waals surface area contributed by atoms with Crippen LogP contribution in [-0.4, -0.2) is 4.98 Å². The second-order valence-electron chi connectivity index (χ2n) is 3.72. The lowest BCUT2D eigenvalue weighted by atomic mass is 10.1. The van der Waals surface area contributed by atoms with Gasteiger partial charge in [-0.3, -0.25) is 0 Å². The molecule has 0 aliphatic heterocycles. The maximum Gasteiger partial charge on any atom is 0.443 e. The van der Waals surface area contributed by atoms with Gasteiger partial charge < -0.3 is 5.73 Å². The summed E-state index contributed by atoms with van der Waals surface area (Å²) in [4.78, 5) is 3.52. The molecule has 2 nitrogen and oxygen atoms in total. The van der Waals surface area contributed by atoms with Crippen LogP contribution in [0.25, 0.3) is 0 Å². The highest BCUT2D eigenvalue weighted by molar-refractivity contribution is 9.10. The molecule has 1 aromatic carbocycles. The maximum atomic E-state index is 13.4. The summed E-state index contributed by atoms with van der Waals surface area (Å²) in [5.41, 5.74) is 6.20. The number of hydrogen-bond acceptors (Lipinski definition) is 3. The fourth-order valence-corrected chi connectivity index (χ4v) is 2.49. The van der Waals surface area contributed by atoms with Crippen molar-refractivity contribution in [2.24, 2.45) is 5.73 Å². The zero-order valence-electron chi connectivity index (χ0n) is 9.21. The third-order valence-electron chi connectivity index (χ3n) is 2.38. The molecule has 2 aromatic rings. The molecule has 0 radical (unpaired) electrons. The summed E-state index contributed by atoms with van der Waals surface area (Å²) in [6, 6.07) is 3.35. The van der Waals surface area contributed by atoms with Crippen LogP contribution in [0.1, 0.15) is 21.5 Å². The summed E-state index contributed by atoms with van der Waals surface area (Å²) in [6.45, 7) is 0. The number of alkyl halides is 3. The Kier molecular flexibility index (Phi) is 3.93. The first kappa shape index (κ1) is 14.4. The number of nitrogens with zero attached hydrogens (tertiary/aromatic N) is 1. The van der Waals surface area contributed by atoms with E-state index >= 15 is 0 Å². The van der Waals surface area contributed by atoms with E-state index in [9.17, 15) is 17.6 Å². The van der Waals surface area contributed by atoms with E-state index in [1.807, 2.05) is 0 Å². The molecule has 1 aromatic heterocycles. The Balaban J connectivity index is 2.31. The molecule has 1 atom stereocenters. The molecule has 0 fully saturated rings. The van der Waals surface area contributed by atoms with Gasteiger partial charge in [-0.1, -0.05) is 6.07 Å². The van der Waals surface area contributed by atoms with Crippen LogP contribution in [0.3, 0.4) is 0 Å². The topological polar surface area (TPSA) is 38.9 Å². The van der Waals surface area contributed by atoms with Crippen LogP contribution >= 0.6 is 27.3 Å². The summed E-state index contributed by atoms with van der Waals surface area (Å²) >= 11 is 3.45. The molecule has 2 N–H and O–H groups in total. The number of thiazole rings is 1. The van der Waals surface area contributed by atoms with Gasteiger partial charge in [0.1, 0.15) is 5.82 Å². The summed E-state index contributed by atoms with van der Waals surface area (Å²) in [5.74, 6) is -0.520. The molecule has 8 heteroatoms. The Hall–Kier alpha value is -0.990. The van der Waals surface area contributed by atoms with Crippen molar-refractivity contribution in [2.75, 3.05) is 0 Å². The number of halogens is 5. The number of aromatic nitrogens is 1. The van der Waals surface area contributed by atoms with Gasteiger partial charge in [0.05, 0.1) is 10.5 Å². The Morgan fingerprint density at radius 3 is 2.53 bits per heavy atom. The SMILES string of the molecule is NC(c1ccc(Br)c(F)c1)c1cnc(C(F)(F)F)s1. The first-order valence-corrected chi connectivity index (χ1v) is 6.63. The zero-order valence-corrected chi connectivity index (χ0v) is 11.6. The predicted molar refractivity (Wildman–Crippen MR) is 67.2 cm³/mol. The normalized spacial score (nSPS) is 13.6. The van der Waals surface area contributed by atoms with Crippen LogP contribution in [-0.2, 0) is 6.18 Å². The van der Waals surface area contributed by atoms with E-state index < -0.39 is 23.0 Å². The molecule has 2 rings (SSSR count). The fourth-order valence-electron chi connectivity index (χ4n) is 1.43. The third kappa shape index (κ3) is 3.13. The second-order valence-corrected chi connectivity index (χ2v) is 5.63. The van der Waals surface area contributed by atoms with Crippen LogP contribution in [0.15, 0.2) is 28.9 Å². The quantitative estimate of drug-likeness (QED) is 0.824. The van der Waals surface area contributed by atoms with Crippen molar-refractivity contribution >= 4 is 27.3 Å². The van der Waals surface area contributed by atoms with Gasteiger partial charge in [0.15, 0.2) is 5.01 Å². The lowest BCUT2D eigenvalue weighted by molar-refractivity contribution is -0.137. The Bertz CT molecular complexity index is 597. The Morgan fingerprint density at radius 2 is 2.00 bits per heavy atom. The van der Waals surface area contributed by atoms with Gasteiger partial charge in [-0.2, -0.15) is 13.2 Å². The number of rotatable bonds is 2. The highest BCUT2D eigenvalue weighted by Gasteiger charge is 2.35. The van der Waals surface area contributed by atoms with Crippen LogP contribution < -0.4 is 5.73 Å². The van der Waals surface area contributed by atoms with Crippen molar-refractivity contribution in [3.8, 4) is 0 Å². The average molecular weight is 355 g/mol. The molecule has 0 saturated heterocycles. The zero-order chi connectivity index (χ0) is 14.2. The summed E-state index contributed by atoms with van der Waals surface area (Å²) < 4.78 is 50.9. The van der Waals surface area contributed by atoms with Crippen LogP contribution in [0.5, 0.6) is 0 Å². The van der Waals surface area contributed by atoms with Crippen molar-refractivity contribution in [3.05, 3.63) is 50.1 Å². The molecule has 0 saturated carbocycles. The molecular formula is C11H7BrF4N2S. The van der Waals surface area contributed by atoms with Gasteiger partial charge in [-0.25, -0.2) is 9.37 Å². The van der Waals surface area contributed by atoms with E-state index in [1.54, 1.807) is 6.07 Å². The van der Waals surface area contributed by atoms with Crippen LogP contribution in [0.4, 0.5) is 17.6 Å². The van der Waals surface area contributed by atoms with Gasteiger partial charge >= 0.3 is 6.18 Å². The fraction of sp³-hybridized carbons (Fsp3) is 0.182. The second kappa shape index (κ2) is 5.18. The first-order valence-electron chi connectivity index (χ1n) is 5.02. The van der Waals surface area contributed by atoms with Crippen molar-refractivity contribution in [1.29, 1.82) is 0 Å². The molecule has 0 bridgehead atoms. The van der Waals surface area contributed by atoms with Gasteiger partial charge in [0.2, 0.25) is 0 Å². The largest absolute Gasteiger partial charge is 0.443 e. The van der Waals surface area contributed by atoms with E-state index in [0.717, 1.165) is 6.20 Å². The Morgan fingerprint density at radius 1 is 1.32 bits per heavy atom. The van der Waals surface area contributed by atoms with Gasteiger partial charge in [0, 0.05) is 11.1 Å². The first-order chi connectivity index (χ1) is 8.79. The average Bonchev–Trinajstić information content (AvgIpc) is 2.81. The molecule has 0 spiro atoms. The summed E-state index contributed by atoms with van der Waals surface area (Å²) in [7, 11) is 0. The van der Waals surface area contributed by atoms with Gasteiger partial charge in [-0.05, 0) is 33.6 Å². The molecule has 0 aliphatic rings. The molecule has 1 unspecified atom stereocenters. The predicted octanol–water partition coefficient (Wildman–Crippen LogP) is 4.11. The van der Waals surface area contributed by atoms with E-state index in [2.05, 4.69) is 20.9 Å². The van der Waals surface area contributed by atoms with E-state index in [0.29, 0.717) is 16.9 Å². The minimum atomic E-state index is -4.49. The molecule has 0 amide bonds. The van der Waals surface area contributed by atoms with E-state index in [-0.39, 0.29) is 9.35 Å². The van der Waals surface area contributed by atoms with E-state index in [4.69, 9.17) is 5.73 Å². The molecule has 102 valence electrons. The Labute approximate surface area is 118 Å². The van der Waals surface area contributed by atoms with Gasteiger partial charge in [-0.15, -0.1) is 11.3 Å². The van der Waals surface area contributed by atoms with E-state index in [1.165, 1.54) is 12.1 Å². The summed E-state index contributed by atoms with van der Waals surface area (Å²) in [5, 5.41) is -0.962. The molecule has 1 heterocycles. The van der Waals surface area contributed by atoms with Crippen molar-refractivity contribution in [3.63, 3.8) is 0 Å². The lowest BCUT2D eigenvalue weighted by Gasteiger charge is -2.10. The lowest BCUT2D eigenvalue weighted by Crippen LogP contribution is -2.10. The number of benzene rings is 1. The minimum Gasteiger partial charge on any atom is -0.320 e. The maximum absolute atomic E-state index is 13.4. The molecular weight excluding hydrogens is 348 g/mol. The van der Waals surface area contributed by atoms with Crippen molar-refractivity contribution in [2.45, 2.75) is 12.2 Å². The monoisotopic (exact) mass is 354 g/mol. The smallest absolute Gasteiger partial charge is 0.320 e. The summed E-state index contributed by atoms with van der Waals surface area (Å²) in [6.07, 6.45) is -3.42. The standard InChI is InChI=1S/C11H7BrF4N2S/c12-6-2-1-5(3-7(6)13)9(17)8-4-18-10(19-8)11(14,15)16/h1-4,9H,17H2. The molecule has 19 heavy (non-hydrogen) atoms. The minimum absolute atomic E-state index is 0.231. The van der Waals surface area contributed by atoms with Crippen LogP contribution in [0, 0.1) is 5.82 Å². The number of hydrogen-bond donors (Lipinski definition) is 1. The third-order valence-corrected chi connectivity index (χ3v) is 4.14. The highest BCUT2D eigenvalue weighted by atomic mass is 79.9. The van der Waals surface area contributed by atoms with Gasteiger partial charge in [0.25, 0.3) is 0 Å². The number of nitrogens with two attached hydrogens (primary N) is 1. The molecule has 0 aliphatic carbocycles. The van der Waals surface area contributed by atoms with Crippen molar-refractivity contribution < 1.29 is 17.6 Å². The van der Waals surface area contributed by atoms with Crippen molar-refractivity contribution in [1.82, 2.24) is 4.98 Å². The highest BCUT2D eigenvalue weighted by Crippen LogP contribution is 2.35.